The molecule has 2 aliphatic heterocycles. The van der Waals surface area contributed by atoms with Gasteiger partial charge in [-0.1, -0.05) is 54.2 Å². The Bertz CT molecular complexity index is 903. The molecule has 0 aromatic heterocycles. The van der Waals surface area contributed by atoms with Crippen LogP contribution in [0.1, 0.15) is 24.0 Å². The molecule has 150 valence electrons. The average Bonchev–Trinajstić information content (AvgIpc) is 3.38. The molecular weight excluding hydrogens is 384 g/mol. The normalized spacial score (nSPS) is 20.4. The lowest BCUT2D eigenvalue weighted by Crippen LogP contribution is -2.30. The van der Waals surface area contributed by atoms with E-state index in [1.165, 1.54) is 0 Å². The van der Waals surface area contributed by atoms with Crippen LogP contribution in [0.25, 0.3) is 6.08 Å². The van der Waals surface area contributed by atoms with Gasteiger partial charge in [-0.2, -0.15) is 0 Å². The Morgan fingerprint density at radius 2 is 2.00 bits per heavy atom. The van der Waals surface area contributed by atoms with Gasteiger partial charge < -0.3 is 9.47 Å². The Hall–Kier alpha value is -2.57. The van der Waals surface area contributed by atoms with Crippen molar-refractivity contribution in [2.45, 2.75) is 25.5 Å². The number of thioether (sulfide) groups is 1. The van der Waals surface area contributed by atoms with Gasteiger partial charge in [0, 0.05) is 12.4 Å². The van der Waals surface area contributed by atoms with Crippen LogP contribution in [0.15, 0.2) is 65.3 Å². The molecule has 0 spiro atoms. The largest absolute Gasteiger partial charge is 0.497 e. The number of nitrogens with zero attached hydrogens (tertiary/aromatic N) is 2. The molecule has 1 amide bonds. The summed E-state index contributed by atoms with van der Waals surface area (Å²) >= 11 is 1.60. The van der Waals surface area contributed by atoms with Gasteiger partial charge in [-0.3, -0.25) is 9.69 Å². The molecule has 4 rings (SSSR count). The molecule has 0 bridgehead atoms. The van der Waals surface area contributed by atoms with E-state index < -0.39 is 0 Å². The van der Waals surface area contributed by atoms with Crippen molar-refractivity contribution in [1.29, 1.82) is 0 Å². The van der Waals surface area contributed by atoms with Crippen LogP contribution in [0.5, 0.6) is 5.75 Å². The standard InChI is InChI=1S/C23H24N2O3S/c1-27-19-11-9-17(10-12-19)14-21-22(26)25(15-18-6-3-2-4-7-18)23(24-21)29-16-20-8-5-13-28-20/h2-4,6-7,9-12,14,20H,5,8,13,15-16H2,1H3/b21-14+. The molecule has 1 fully saturated rings. The van der Waals surface area contributed by atoms with Gasteiger partial charge in [0.1, 0.15) is 11.4 Å². The first-order valence-corrected chi connectivity index (χ1v) is 10.8. The second-order valence-electron chi connectivity index (χ2n) is 7.02. The summed E-state index contributed by atoms with van der Waals surface area (Å²) in [5.74, 6) is 1.53. The van der Waals surface area contributed by atoms with Crippen molar-refractivity contribution in [3.8, 4) is 5.75 Å². The van der Waals surface area contributed by atoms with E-state index in [9.17, 15) is 4.79 Å². The zero-order valence-electron chi connectivity index (χ0n) is 16.4. The summed E-state index contributed by atoms with van der Waals surface area (Å²) in [7, 11) is 1.64. The zero-order valence-corrected chi connectivity index (χ0v) is 17.2. The Morgan fingerprint density at radius 3 is 2.69 bits per heavy atom. The highest BCUT2D eigenvalue weighted by Gasteiger charge is 2.31. The molecule has 2 heterocycles. The van der Waals surface area contributed by atoms with Gasteiger partial charge in [-0.25, -0.2) is 4.99 Å². The summed E-state index contributed by atoms with van der Waals surface area (Å²) in [6.45, 7) is 1.34. The summed E-state index contributed by atoms with van der Waals surface area (Å²) in [6.07, 6.45) is 4.25. The third-order valence-corrected chi connectivity index (χ3v) is 6.04. The second kappa shape index (κ2) is 9.29. The van der Waals surface area contributed by atoms with Crippen LogP contribution in [-0.4, -0.2) is 41.5 Å². The minimum Gasteiger partial charge on any atom is -0.497 e. The van der Waals surface area contributed by atoms with E-state index in [1.54, 1.807) is 23.8 Å². The molecule has 6 heteroatoms. The molecule has 0 N–H and O–H groups in total. The molecule has 2 aromatic carbocycles. The Labute approximate surface area is 175 Å². The minimum atomic E-state index is -0.0699. The molecule has 1 saturated heterocycles. The fourth-order valence-corrected chi connectivity index (χ4v) is 4.41. The summed E-state index contributed by atoms with van der Waals surface area (Å²) in [5.41, 5.74) is 2.46. The summed E-state index contributed by atoms with van der Waals surface area (Å²) in [4.78, 5) is 19.6. The lowest BCUT2D eigenvalue weighted by Gasteiger charge is -2.18. The number of methoxy groups -OCH3 is 1. The Balaban J connectivity index is 1.55. The summed E-state index contributed by atoms with van der Waals surface area (Å²) < 4.78 is 10.9. The first-order valence-electron chi connectivity index (χ1n) is 9.77. The van der Waals surface area contributed by atoms with Crippen LogP contribution in [-0.2, 0) is 16.1 Å². The van der Waals surface area contributed by atoms with Crippen LogP contribution in [0, 0.1) is 0 Å². The van der Waals surface area contributed by atoms with Crippen molar-refractivity contribution in [2.24, 2.45) is 4.99 Å². The number of ether oxygens (including phenoxy) is 2. The van der Waals surface area contributed by atoms with E-state index in [0.29, 0.717) is 12.2 Å². The maximum absolute atomic E-state index is 13.1. The molecule has 29 heavy (non-hydrogen) atoms. The van der Waals surface area contributed by atoms with E-state index in [1.807, 2.05) is 60.7 Å². The highest BCUT2D eigenvalue weighted by Crippen LogP contribution is 2.28. The Kier molecular flexibility index (Phi) is 6.32. The van der Waals surface area contributed by atoms with Gasteiger partial charge in [0.2, 0.25) is 0 Å². The van der Waals surface area contributed by atoms with E-state index in [0.717, 1.165) is 47.2 Å². The van der Waals surface area contributed by atoms with Crippen LogP contribution in [0.4, 0.5) is 0 Å². The zero-order chi connectivity index (χ0) is 20.1. The van der Waals surface area contributed by atoms with E-state index in [4.69, 9.17) is 9.47 Å². The maximum Gasteiger partial charge on any atom is 0.278 e. The fraction of sp³-hybridized carbons (Fsp3) is 0.304. The van der Waals surface area contributed by atoms with Gasteiger partial charge >= 0.3 is 0 Å². The number of hydrogen-bond donors (Lipinski definition) is 0. The van der Waals surface area contributed by atoms with Crippen molar-refractivity contribution in [1.82, 2.24) is 4.90 Å². The monoisotopic (exact) mass is 408 g/mol. The van der Waals surface area contributed by atoms with Crippen LogP contribution in [0.2, 0.25) is 0 Å². The molecule has 5 nitrogen and oxygen atoms in total. The molecular formula is C23H24N2O3S. The minimum absolute atomic E-state index is 0.0699. The van der Waals surface area contributed by atoms with Gasteiger partial charge in [0.25, 0.3) is 5.91 Å². The second-order valence-corrected chi connectivity index (χ2v) is 8.01. The van der Waals surface area contributed by atoms with Crippen LogP contribution < -0.4 is 4.74 Å². The van der Waals surface area contributed by atoms with Crippen LogP contribution >= 0.6 is 11.8 Å². The van der Waals surface area contributed by atoms with Gasteiger partial charge in [-0.05, 0) is 42.2 Å². The SMILES string of the molecule is COc1ccc(/C=C2/N=C(SCC3CCCO3)N(Cc3ccccc3)C2=O)cc1. The van der Waals surface area contributed by atoms with E-state index in [2.05, 4.69) is 4.99 Å². The average molecular weight is 409 g/mol. The highest BCUT2D eigenvalue weighted by atomic mass is 32.2. The van der Waals surface area contributed by atoms with Crippen molar-refractivity contribution in [3.05, 3.63) is 71.4 Å². The van der Waals surface area contributed by atoms with Crippen molar-refractivity contribution in [3.63, 3.8) is 0 Å². The molecule has 2 aromatic rings. The number of carbonyl (C=O) groups excluding carboxylic acids is 1. The summed E-state index contributed by atoms with van der Waals surface area (Å²) in [5, 5.41) is 0.745. The number of amidine groups is 1. The van der Waals surface area contributed by atoms with Crippen molar-refractivity contribution < 1.29 is 14.3 Å². The molecule has 0 radical (unpaired) electrons. The number of rotatable bonds is 6. The van der Waals surface area contributed by atoms with E-state index >= 15 is 0 Å². The predicted molar refractivity (Wildman–Crippen MR) is 117 cm³/mol. The molecule has 0 aliphatic carbocycles. The molecule has 2 aliphatic rings. The van der Waals surface area contributed by atoms with E-state index in [-0.39, 0.29) is 12.0 Å². The number of hydrogen-bond acceptors (Lipinski definition) is 5. The van der Waals surface area contributed by atoms with Crippen molar-refractivity contribution >= 4 is 28.9 Å². The third-order valence-electron chi connectivity index (χ3n) is 4.94. The number of aliphatic imine (C=N–C) groups is 1. The first kappa shape index (κ1) is 19.7. The lowest BCUT2D eigenvalue weighted by atomic mass is 10.1. The molecule has 1 atom stereocenters. The van der Waals surface area contributed by atoms with Gasteiger partial charge in [0.05, 0.1) is 19.8 Å². The predicted octanol–water partition coefficient (Wildman–Crippen LogP) is 4.35. The highest BCUT2D eigenvalue weighted by molar-refractivity contribution is 8.13. The van der Waals surface area contributed by atoms with Gasteiger partial charge in [-0.15, -0.1) is 0 Å². The number of amides is 1. The quantitative estimate of drug-likeness (QED) is 0.667. The lowest BCUT2D eigenvalue weighted by molar-refractivity contribution is -0.122. The molecule has 0 saturated carbocycles. The first-order chi connectivity index (χ1) is 14.2. The number of carbonyl (C=O) groups is 1. The van der Waals surface area contributed by atoms with Gasteiger partial charge in [0.15, 0.2) is 5.17 Å². The fourth-order valence-electron chi connectivity index (χ4n) is 3.35. The molecule has 1 unspecified atom stereocenters. The topological polar surface area (TPSA) is 51.1 Å². The van der Waals surface area contributed by atoms with Crippen LogP contribution in [0.3, 0.4) is 0 Å². The number of benzene rings is 2. The Morgan fingerprint density at radius 1 is 1.21 bits per heavy atom. The smallest absolute Gasteiger partial charge is 0.278 e. The summed E-state index contributed by atoms with van der Waals surface area (Å²) in [6, 6.07) is 17.6. The third kappa shape index (κ3) is 4.89. The van der Waals surface area contributed by atoms with Crippen molar-refractivity contribution in [2.75, 3.05) is 19.5 Å². The maximum atomic E-state index is 13.1.